The van der Waals surface area contributed by atoms with Crippen LogP contribution in [0.15, 0.2) is 0 Å². The molecule has 0 aliphatic heterocycles. The quantitative estimate of drug-likeness (QED) is 0.512. The highest BCUT2D eigenvalue weighted by molar-refractivity contribution is 4.89. The van der Waals surface area contributed by atoms with Gasteiger partial charge in [0, 0.05) is 0 Å². The molecular weight excluding hydrogens is 144 g/mol. The van der Waals surface area contributed by atoms with E-state index in [4.69, 9.17) is 0 Å². The molecule has 2 fully saturated rings. The van der Waals surface area contributed by atoms with Gasteiger partial charge >= 0.3 is 0 Å². The van der Waals surface area contributed by atoms with E-state index >= 15 is 0 Å². The van der Waals surface area contributed by atoms with Crippen LogP contribution in [0.25, 0.3) is 0 Å². The zero-order valence-electron chi connectivity index (χ0n) is 8.77. The summed E-state index contributed by atoms with van der Waals surface area (Å²) in [4.78, 5) is 0. The summed E-state index contributed by atoms with van der Waals surface area (Å²) in [5.74, 6) is 3.23. The molecule has 0 heterocycles. The predicted molar refractivity (Wildman–Crippen MR) is 53.0 cm³/mol. The molecule has 0 heteroatoms. The largest absolute Gasteiger partial charge is 0.0599 e. The zero-order chi connectivity index (χ0) is 8.77. The second-order valence-corrected chi connectivity index (χ2v) is 6.08. The fourth-order valence-corrected chi connectivity index (χ4v) is 3.21. The van der Waals surface area contributed by atoms with E-state index in [1.165, 1.54) is 25.7 Å². The maximum Gasteiger partial charge on any atom is -0.0354 e. The lowest BCUT2D eigenvalue weighted by atomic mass is 9.69. The molecule has 2 saturated carbocycles. The molecule has 2 bridgehead atoms. The zero-order valence-corrected chi connectivity index (χ0v) is 8.77. The lowest BCUT2D eigenvalue weighted by Gasteiger charge is -2.37. The predicted octanol–water partition coefficient (Wildman–Crippen LogP) is 3.86. The average Bonchev–Trinajstić information content (AvgIpc) is 2.28. The van der Waals surface area contributed by atoms with Crippen LogP contribution >= 0.6 is 0 Å². The summed E-state index contributed by atoms with van der Waals surface area (Å²) in [6.07, 6.45) is 7.70. The van der Waals surface area contributed by atoms with Crippen molar-refractivity contribution in [2.24, 2.45) is 23.2 Å². The van der Waals surface area contributed by atoms with E-state index in [1.807, 2.05) is 0 Å². The first-order valence-corrected chi connectivity index (χ1v) is 5.55. The van der Waals surface area contributed by atoms with Crippen LogP contribution in [0, 0.1) is 23.2 Å². The van der Waals surface area contributed by atoms with Gasteiger partial charge in [0.25, 0.3) is 0 Å². The molecular formula is C12H22. The van der Waals surface area contributed by atoms with Crippen molar-refractivity contribution in [1.29, 1.82) is 0 Å². The summed E-state index contributed by atoms with van der Waals surface area (Å²) in [6, 6.07) is 0. The van der Waals surface area contributed by atoms with Gasteiger partial charge in [-0.25, -0.2) is 0 Å². The van der Waals surface area contributed by atoms with Gasteiger partial charge in [-0.1, -0.05) is 33.6 Å². The van der Waals surface area contributed by atoms with Gasteiger partial charge < -0.3 is 0 Å². The maximum atomic E-state index is 2.42. The molecule has 2 rings (SSSR count). The van der Waals surface area contributed by atoms with Crippen LogP contribution in [0.5, 0.6) is 0 Å². The van der Waals surface area contributed by atoms with Crippen LogP contribution in [0.3, 0.4) is 0 Å². The van der Waals surface area contributed by atoms with Crippen molar-refractivity contribution in [2.75, 3.05) is 0 Å². The van der Waals surface area contributed by atoms with Gasteiger partial charge in [0.1, 0.15) is 0 Å². The van der Waals surface area contributed by atoms with Crippen LogP contribution < -0.4 is 0 Å². The first kappa shape index (κ1) is 8.59. The Morgan fingerprint density at radius 1 is 0.833 bits per heavy atom. The fourth-order valence-electron chi connectivity index (χ4n) is 3.21. The van der Waals surface area contributed by atoms with Gasteiger partial charge in [0.2, 0.25) is 0 Å². The second-order valence-electron chi connectivity index (χ2n) is 6.08. The van der Waals surface area contributed by atoms with Crippen molar-refractivity contribution in [2.45, 2.75) is 52.9 Å². The highest BCUT2D eigenvalue weighted by Crippen LogP contribution is 2.49. The molecule has 0 nitrogen and oxygen atoms in total. The van der Waals surface area contributed by atoms with Crippen molar-refractivity contribution < 1.29 is 0 Å². The molecule has 0 amide bonds. The first-order valence-electron chi connectivity index (χ1n) is 5.55. The summed E-state index contributed by atoms with van der Waals surface area (Å²) in [7, 11) is 0. The molecule has 0 aromatic rings. The Morgan fingerprint density at radius 2 is 1.33 bits per heavy atom. The Balaban J connectivity index is 2.03. The smallest absolute Gasteiger partial charge is 0.0354 e. The third-order valence-corrected chi connectivity index (χ3v) is 4.11. The van der Waals surface area contributed by atoms with E-state index in [0.29, 0.717) is 5.41 Å². The fraction of sp³-hybridized carbons (Fsp3) is 1.00. The Hall–Kier alpha value is 0. The molecule has 1 unspecified atom stereocenters. The highest BCUT2D eigenvalue weighted by atomic mass is 14.4. The Kier molecular flexibility index (Phi) is 1.97. The molecule has 0 N–H and O–H groups in total. The molecule has 70 valence electrons. The van der Waals surface area contributed by atoms with Gasteiger partial charge in [-0.05, 0) is 42.4 Å². The first-order chi connectivity index (χ1) is 5.55. The Labute approximate surface area is 76.7 Å². The molecule has 0 radical (unpaired) electrons. The van der Waals surface area contributed by atoms with E-state index in [1.54, 1.807) is 6.42 Å². The van der Waals surface area contributed by atoms with Crippen LogP contribution in [0.1, 0.15) is 52.9 Å². The van der Waals surface area contributed by atoms with Crippen LogP contribution in [-0.2, 0) is 0 Å². The van der Waals surface area contributed by atoms with Crippen molar-refractivity contribution in [3.05, 3.63) is 0 Å². The van der Waals surface area contributed by atoms with Gasteiger partial charge in [-0.15, -0.1) is 0 Å². The average molecular weight is 166 g/mol. The monoisotopic (exact) mass is 166 g/mol. The van der Waals surface area contributed by atoms with Crippen LogP contribution in [-0.4, -0.2) is 0 Å². The van der Waals surface area contributed by atoms with E-state index < -0.39 is 0 Å². The van der Waals surface area contributed by atoms with Crippen LogP contribution in [0.2, 0.25) is 0 Å². The van der Waals surface area contributed by atoms with Crippen molar-refractivity contribution in [3.8, 4) is 0 Å². The molecule has 0 spiro atoms. The van der Waals surface area contributed by atoms with Gasteiger partial charge in [-0.2, -0.15) is 0 Å². The summed E-state index contributed by atoms with van der Waals surface area (Å²) >= 11 is 0. The van der Waals surface area contributed by atoms with Crippen molar-refractivity contribution >= 4 is 0 Å². The number of hydrogen-bond acceptors (Lipinski definition) is 0. The summed E-state index contributed by atoms with van der Waals surface area (Å²) < 4.78 is 0. The van der Waals surface area contributed by atoms with Crippen LogP contribution in [0.4, 0.5) is 0 Å². The number of hydrogen-bond donors (Lipinski definition) is 0. The minimum atomic E-state index is 0.571. The molecule has 2 aliphatic carbocycles. The third kappa shape index (κ3) is 1.53. The van der Waals surface area contributed by atoms with E-state index in [2.05, 4.69) is 20.8 Å². The van der Waals surface area contributed by atoms with Crippen molar-refractivity contribution in [3.63, 3.8) is 0 Å². The molecule has 12 heavy (non-hydrogen) atoms. The minimum Gasteiger partial charge on any atom is -0.0599 e. The van der Waals surface area contributed by atoms with E-state index in [9.17, 15) is 0 Å². The van der Waals surface area contributed by atoms with Gasteiger partial charge in [-0.3, -0.25) is 0 Å². The summed E-state index contributed by atoms with van der Waals surface area (Å²) in [5.41, 5.74) is 0.571. The SMILES string of the molecule is CC(C)(C)C1C[C@H]2CC[C@@H](C1)C2. The normalized spacial score (nSPS) is 41.8. The molecule has 0 aromatic heterocycles. The topological polar surface area (TPSA) is 0 Å². The molecule has 0 aromatic carbocycles. The lowest BCUT2D eigenvalue weighted by molar-refractivity contribution is 0.136. The Bertz CT molecular complexity index is 151. The second kappa shape index (κ2) is 2.75. The minimum absolute atomic E-state index is 0.571. The molecule has 3 atom stereocenters. The van der Waals surface area contributed by atoms with E-state index in [0.717, 1.165) is 17.8 Å². The molecule has 0 saturated heterocycles. The lowest BCUT2D eigenvalue weighted by Crippen LogP contribution is -2.27. The molecule has 2 aliphatic rings. The highest BCUT2D eigenvalue weighted by Gasteiger charge is 2.38. The van der Waals surface area contributed by atoms with Crippen molar-refractivity contribution in [1.82, 2.24) is 0 Å². The van der Waals surface area contributed by atoms with E-state index in [-0.39, 0.29) is 0 Å². The Morgan fingerprint density at radius 3 is 1.75 bits per heavy atom. The maximum absolute atomic E-state index is 2.42. The number of rotatable bonds is 0. The standard InChI is InChI=1S/C12H22/c1-12(2,3)11-7-9-4-5-10(6-9)8-11/h9-11H,4-8H2,1-3H3/t9-,10+,11?. The van der Waals surface area contributed by atoms with Gasteiger partial charge in [0.15, 0.2) is 0 Å². The third-order valence-electron chi connectivity index (χ3n) is 4.11. The number of fused-ring (bicyclic) bond motifs is 2. The summed E-state index contributed by atoms with van der Waals surface area (Å²) in [5, 5.41) is 0. The summed E-state index contributed by atoms with van der Waals surface area (Å²) in [6.45, 7) is 7.26. The van der Waals surface area contributed by atoms with Gasteiger partial charge in [0.05, 0.1) is 0 Å².